The molecule has 1 saturated carbocycles. The van der Waals surface area contributed by atoms with Crippen molar-refractivity contribution in [3.05, 3.63) is 11.7 Å². The summed E-state index contributed by atoms with van der Waals surface area (Å²) in [6.45, 7) is 1.06. The van der Waals surface area contributed by atoms with Crippen LogP contribution in [0.3, 0.4) is 0 Å². The molecular weight excluding hydrogens is 270 g/mol. The minimum absolute atomic E-state index is 0.0406. The first-order valence-electron chi connectivity index (χ1n) is 7.89. The van der Waals surface area contributed by atoms with Gasteiger partial charge < -0.3 is 14.2 Å². The van der Waals surface area contributed by atoms with Gasteiger partial charge in [-0.3, -0.25) is 4.79 Å². The molecule has 2 fully saturated rings. The highest BCUT2D eigenvalue weighted by Gasteiger charge is 2.37. The number of carbonyl (C=O) groups excluding carboxylic acids is 1. The summed E-state index contributed by atoms with van der Waals surface area (Å²) in [5.74, 6) is 1.40. The lowest BCUT2D eigenvalue weighted by Crippen LogP contribution is -2.36. The van der Waals surface area contributed by atoms with Gasteiger partial charge in [-0.2, -0.15) is 4.98 Å². The zero-order valence-electron chi connectivity index (χ0n) is 12.6. The number of rotatable bonds is 4. The van der Waals surface area contributed by atoms with E-state index in [9.17, 15) is 4.79 Å². The van der Waals surface area contributed by atoms with Crippen LogP contribution >= 0.6 is 0 Å². The molecule has 1 amide bonds. The Morgan fingerprint density at radius 1 is 1.29 bits per heavy atom. The third kappa shape index (κ3) is 3.26. The molecule has 0 aromatic carbocycles. The molecule has 1 aliphatic carbocycles. The van der Waals surface area contributed by atoms with E-state index in [1.807, 2.05) is 0 Å². The van der Waals surface area contributed by atoms with Crippen molar-refractivity contribution in [2.45, 2.75) is 63.5 Å². The maximum atomic E-state index is 12.3. The van der Waals surface area contributed by atoms with E-state index in [2.05, 4.69) is 15.0 Å². The van der Waals surface area contributed by atoms with E-state index in [1.165, 1.54) is 25.7 Å². The molecule has 21 heavy (non-hydrogen) atoms. The third-order valence-corrected chi connectivity index (χ3v) is 4.53. The molecule has 3 rings (SSSR count). The lowest BCUT2D eigenvalue weighted by molar-refractivity contribution is -0.129. The maximum Gasteiger partial charge on any atom is 0.232 e. The topological polar surface area (TPSA) is 68.5 Å². The summed E-state index contributed by atoms with van der Waals surface area (Å²) in [6, 6.07) is 0.409. The Balaban J connectivity index is 1.65. The monoisotopic (exact) mass is 293 g/mol. The Labute approximate surface area is 124 Å². The Morgan fingerprint density at radius 3 is 2.76 bits per heavy atom. The van der Waals surface area contributed by atoms with E-state index < -0.39 is 0 Å². The van der Waals surface area contributed by atoms with Crippen LogP contribution in [0.25, 0.3) is 0 Å². The van der Waals surface area contributed by atoms with Crippen molar-refractivity contribution in [3.8, 4) is 0 Å². The molecule has 6 heteroatoms. The van der Waals surface area contributed by atoms with Gasteiger partial charge in [-0.1, -0.05) is 30.8 Å². The Hall–Kier alpha value is -1.43. The van der Waals surface area contributed by atoms with E-state index in [4.69, 9.17) is 9.26 Å². The van der Waals surface area contributed by atoms with E-state index in [0.717, 1.165) is 19.4 Å². The third-order valence-electron chi connectivity index (χ3n) is 4.53. The predicted molar refractivity (Wildman–Crippen MR) is 75.6 cm³/mol. The second-order valence-electron chi connectivity index (χ2n) is 6.07. The maximum absolute atomic E-state index is 12.3. The first kappa shape index (κ1) is 14.5. The van der Waals surface area contributed by atoms with Gasteiger partial charge in [0, 0.05) is 26.1 Å². The normalized spacial score (nSPS) is 24.5. The first-order valence-corrected chi connectivity index (χ1v) is 7.89. The average Bonchev–Trinajstić information content (AvgIpc) is 2.98. The zero-order chi connectivity index (χ0) is 14.7. The minimum Gasteiger partial charge on any atom is -0.377 e. The number of hydrogen-bond donors (Lipinski definition) is 0. The molecule has 0 unspecified atom stereocenters. The van der Waals surface area contributed by atoms with E-state index >= 15 is 0 Å². The molecular formula is C15H23N3O3. The van der Waals surface area contributed by atoms with Gasteiger partial charge in [0.1, 0.15) is 6.61 Å². The van der Waals surface area contributed by atoms with Gasteiger partial charge in [0.25, 0.3) is 0 Å². The number of ether oxygens (including phenoxy) is 1. The second kappa shape index (κ2) is 6.56. The van der Waals surface area contributed by atoms with Gasteiger partial charge in [-0.05, 0) is 12.8 Å². The van der Waals surface area contributed by atoms with E-state index in [0.29, 0.717) is 30.8 Å². The molecule has 2 aliphatic rings. The van der Waals surface area contributed by atoms with Crippen LogP contribution in [0, 0.1) is 0 Å². The van der Waals surface area contributed by atoms with Crippen molar-refractivity contribution in [1.82, 2.24) is 15.0 Å². The summed E-state index contributed by atoms with van der Waals surface area (Å²) in [5, 5.41) is 3.89. The molecule has 6 nitrogen and oxygen atoms in total. The zero-order valence-corrected chi connectivity index (χ0v) is 12.6. The van der Waals surface area contributed by atoms with Crippen LogP contribution < -0.4 is 0 Å². The summed E-state index contributed by atoms with van der Waals surface area (Å²) >= 11 is 0. The lowest BCUT2D eigenvalue weighted by Gasteiger charge is -2.26. The minimum atomic E-state index is 0.0406. The van der Waals surface area contributed by atoms with Crippen LogP contribution in [0.5, 0.6) is 0 Å². The fourth-order valence-electron chi connectivity index (χ4n) is 3.44. The van der Waals surface area contributed by atoms with Crippen LogP contribution in [-0.4, -0.2) is 40.6 Å². The molecule has 1 atom stereocenters. The molecule has 1 aromatic heterocycles. The Morgan fingerprint density at radius 2 is 2.05 bits per heavy atom. The summed E-state index contributed by atoms with van der Waals surface area (Å²) in [6.07, 6.45) is 7.83. The number of carbonyl (C=O) groups is 1. The van der Waals surface area contributed by atoms with E-state index in [-0.39, 0.29) is 11.8 Å². The molecule has 1 saturated heterocycles. The van der Waals surface area contributed by atoms with E-state index in [1.54, 1.807) is 7.11 Å². The largest absolute Gasteiger partial charge is 0.377 e. The van der Waals surface area contributed by atoms with Gasteiger partial charge in [-0.15, -0.1) is 0 Å². The summed E-state index contributed by atoms with van der Waals surface area (Å²) in [4.78, 5) is 18.7. The quantitative estimate of drug-likeness (QED) is 0.796. The molecule has 0 bridgehead atoms. The molecule has 0 N–H and O–H groups in total. The molecule has 0 spiro atoms. The summed E-state index contributed by atoms with van der Waals surface area (Å²) in [5.41, 5.74) is 0. The first-order chi connectivity index (χ1) is 10.3. The molecule has 116 valence electrons. The van der Waals surface area contributed by atoms with Gasteiger partial charge in [0.15, 0.2) is 5.82 Å². The van der Waals surface area contributed by atoms with Crippen molar-refractivity contribution >= 4 is 5.91 Å². The second-order valence-corrected chi connectivity index (χ2v) is 6.07. The average molecular weight is 293 g/mol. The summed E-state index contributed by atoms with van der Waals surface area (Å²) < 4.78 is 10.3. The van der Waals surface area contributed by atoms with Crippen LogP contribution in [0.1, 0.15) is 62.6 Å². The van der Waals surface area contributed by atoms with Crippen molar-refractivity contribution < 1.29 is 14.1 Å². The molecule has 1 aromatic rings. The van der Waals surface area contributed by atoms with Gasteiger partial charge in [-0.25, -0.2) is 0 Å². The van der Waals surface area contributed by atoms with Crippen LogP contribution in [0.15, 0.2) is 4.52 Å². The predicted octanol–water partition coefficient (Wildman–Crippen LogP) is 2.25. The molecule has 1 aliphatic heterocycles. The fourth-order valence-corrected chi connectivity index (χ4v) is 3.44. The smallest absolute Gasteiger partial charge is 0.232 e. The van der Waals surface area contributed by atoms with Crippen LogP contribution in [-0.2, 0) is 16.1 Å². The summed E-state index contributed by atoms with van der Waals surface area (Å²) in [7, 11) is 1.60. The van der Waals surface area contributed by atoms with Crippen molar-refractivity contribution in [2.75, 3.05) is 13.7 Å². The Bertz CT molecular complexity index is 480. The number of hydrogen-bond acceptors (Lipinski definition) is 5. The SMILES string of the molecule is COCc1noc([C@@H]2CC(=O)N(C3CCCCCC3)C2)n1. The van der Waals surface area contributed by atoms with Gasteiger partial charge in [0.05, 0.1) is 5.92 Å². The molecule has 0 radical (unpaired) electrons. The number of amides is 1. The fraction of sp³-hybridized carbons (Fsp3) is 0.800. The highest BCUT2D eigenvalue weighted by atomic mass is 16.5. The molecule has 2 heterocycles. The van der Waals surface area contributed by atoms with Crippen LogP contribution in [0.2, 0.25) is 0 Å². The standard InChI is InChI=1S/C15H23N3O3/c1-20-10-13-16-15(21-17-13)11-8-14(19)18(9-11)12-6-4-2-3-5-7-12/h11-12H,2-10H2,1H3/t11-/m1/s1. The number of nitrogens with zero attached hydrogens (tertiary/aromatic N) is 3. The highest BCUT2D eigenvalue weighted by Crippen LogP contribution is 2.32. The van der Waals surface area contributed by atoms with Crippen molar-refractivity contribution in [2.24, 2.45) is 0 Å². The van der Waals surface area contributed by atoms with Crippen molar-refractivity contribution in [3.63, 3.8) is 0 Å². The lowest BCUT2D eigenvalue weighted by atomic mass is 10.1. The van der Waals surface area contributed by atoms with Crippen molar-refractivity contribution in [1.29, 1.82) is 0 Å². The van der Waals surface area contributed by atoms with Crippen LogP contribution in [0.4, 0.5) is 0 Å². The Kier molecular flexibility index (Phi) is 4.53. The van der Waals surface area contributed by atoms with Gasteiger partial charge >= 0.3 is 0 Å². The highest BCUT2D eigenvalue weighted by molar-refractivity contribution is 5.79. The number of methoxy groups -OCH3 is 1. The number of aromatic nitrogens is 2. The number of likely N-dealkylation sites (tertiary alicyclic amines) is 1. The van der Waals surface area contributed by atoms with Gasteiger partial charge in [0.2, 0.25) is 11.8 Å².